The number of hydrogen-bond donors (Lipinski definition) is 1. The maximum atomic E-state index is 9.98. The molecule has 1 unspecified atom stereocenters. The van der Waals surface area contributed by atoms with E-state index in [1.54, 1.807) is 7.11 Å². The molecule has 0 saturated carbocycles. The summed E-state index contributed by atoms with van der Waals surface area (Å²) in [6, 6.07) is 0. The van der Waals surface area contributed by atoms with Crippen LogP contribution in [0, 0.1) is 11.8 Å². The smallest absolute Gasteiger partial charge is 0.192 e. The van der Waals surface area contributed by atoms with Crippen LogP contribution >= 0.6 is 0 Å². The van der Waals surface area contributed by atoms with Crippen molar-refractivity contribution in [2.24, 2.45) is 0 Å². The summed E-state index contributed by atoms with van der Waals surface area (Å²) in [6.07, 6.45) is -0.417. The number of hydrogen-bond acceptors (Lipinski definition) is 5. The highest BCUT2D eigenvalue weighted by Gasteiger charge is 2.37. The molecule has 0 aliphatic carbocycles. The van der Waals surface area contributed by atoms with Crippen LogP contribution in [0.4, 0.5) is 0 Å². The summed E-state index contributed by atoms with van der Waals surface area (Å²) in [7, 11) is -0.194. The molecular formula is C17H34O5Si. The molecule has 0 aliphatic heterocycles. The number of ether oxygens (including phenoxy) is 3. The molecule has 0 radical (unpaired) electrons. The van der Waals surface area contributed by atoms with Crippen LogP contribution in [0.2, 0.25) is 18.1 Å². The van der Waals surface area contributed by atoms with Gasteiger partial charge in [0.05, 0.1) is 25.9 Å². The van der Waals surface area contributed by atoms with Gasteiger partial charge in [-0.15, -0.1) is 0 Å². The zero-order valence-electron chi connectivity index (χ0n) is 15.8. The Bertz CT molecular complexity index is 367. The maximum Gasteiger partial charge on any atom is 0.192 e. The standard InChI is InChI=1S/C17H34O5Si/c1-15(21-14-20-12-11-19-5)9-8-10-16(18)13-22-23(6,7)17(2,3)4/h15-16,18H,10-14H2,1-7H3/t15?,16-/m0/s1. The number of aliphatic hydroxyl groups is 1. The van der Waals surface area contributed by atoms with Gasteiger partial charge in [-0.2, -0.15) is 0 Å². The predicted octanol–water partition coefficient (Wildman–Crippen LogP) is 2.79. The highest BCUT2D eigenvalue weighted by atomic mass is 28.4. The molecule has 5 nitrogen and oxygen atoms in total. The fourth-order valence-corrected chi connectivity index (χ4v) is 2.34. The Morgan fingerprint density at radius 3 is 2.39 bits per heavy atom. The molecule has 0 heterocycles. The summed E-state index contributed by atoms with van der Waals surface area (Å²) in [5.74, 6) is 5.89. The molecule has 1 N–H and O–H groups in total. The first-order chi connectivity index (χ1) is 10.6. The molecule has 2 atom stereocenters. The number of methoxy groups -OCH3 is 1. The fraction of sp³-hybridized carbons (Fsp3) is 0.882. The molecule has 23 heavy (non-hydrogen) atoms. The summed E-state index contributed by atoms with van der Waals surface area (Å²) in [5, 5.41) is 10.1. The normalized spacial score (nSPS) is 15.0. The number of aliphatic hydroxyl groups excluding tert-OH is 1. The lowest BCUT2D eigenvalue weighted by Crippen LogP contribution is -2.42. The third-order valence-electron chi connectivity index (χ3n) is 3.92. The number of rotatable bonds is 10. The second-order valence-electron chi connectivity index (χ2n) is 7.08. The summed E-state index contributed by atoms with van der Waals surface area (Å²) in [6.45, 7) is 14.3. The van der Waals surface area contributed by atoms with Gasteiger partial charge in [-0.05, 0) is 25.1 Å². The van der Waals surface area contributed by atoms with E-state index in [0.29, 0.717) is 26.2 Å². The Kier molecular flexibility index (Phi) is 11.0. The van der Waals surface area contributed by atoms with E-state index in [0.717, 1.165) is 0 Å². The molecule has 0 rings (SSSR count). The van der Waals surface area contributed by atoms with Crippen molar-refractivity contribution in [1.82, 2.24) is 0 Å². The van der Waals surface area contributed by atoms with Crippen molar-refractivity contribution < 1.29 is 23.7 Å². The Morgan fingerprint density at radius 1 is 1.17 bits per heavy atom. The van der Waals surface area contributed by atoms with Gasteiger partial charge in [0.2, 0.25) is 0 Å². The Hall–Kier alpha value is -0.423. The first-order valence-electron chi connectivity index (χ1n) is 8.09. The molecule has 6 heteroatoms. The van der Waals surface area contributed by atoms with Crippen LogP contribution in [0.15, 0.2) is 0 Å². The lowest BCUT2D eigenvalue weighted by atomic mass is 10.2. The monoisotopic (exact) mass is 346 g/mol. The first-order valence-corrected chi connectivity index (χ1v) is 11.0. The third-order valence-corrected chi connectivity index (χ3v) is 8.42. The van der Waals surface area contributed by atoms with Crippen LogP contribution in [0.5, 0.6) is 0 Å². The van der Waals surface area contributed by atoms with Crippen molar-refractivity contribution in [3.05, 3.63) is 0 Å². The van der Waals surface area contributed by atoms with Crippen LogP contribution in [0.3, 0.4) is 0 Å². The van der Waals surface area contributed by atoms with Gasteiger partial charge in [-0.1, -0.05) is 32.6 Å². The van der Waals surface area contributed by atoms with Crippen LogP contribution in [-0.2, 0) is 18.6 Å². The third kappa shape index (κ3) is 10.9. The van der Waals surface area contributed by atoms with Gasteiger partial charge in [-0.3, -0.25) is 0 Å². The van der Waals surface area contributed by atoms with Crippen molar-refractivity contribution >= 4 is 8.32 Å². The van der Waals surface area contributed by atoms with E-state index in [1.165, 1.54) is 0 Å². The zero-order valence-corrected chi connectivity index (χ0v) is 16.8. The van der Waals surface area contributed by atoms with Crippen molar-refractivity contribution in [3.63, 3.8) is 0 Å². The topological polar surface area (TPSA) is 57.2 Å². The zero-order chi connectivity index (χ0) is 17.9. The van der Waals surface area contributed by atoms with Crippen molar-refractivity contribution in [1.29, 1.82) is 0 Å². The Labute approximate surface area is 142 Å². The predicted molar refractivity (Wildman–Crippen MR) is 94.8 cm³/mol. The van der Waals surface area contributed by atoms with E-state index >= 15 is 0 Å². The van der Waals surface area contributed by atoms with E-state index in [9.17, 15) is 5.11 Å². The first kappa shape index (κ1) is 22.6. The molecule has 0 aromatic carbocycles. The summed E-state index contributed by atoms with van der Waals surface area (Å²) in [5.41, 5.74) is 0. The van der Waals surface area contributed by atoms with Crippen LogP contribution in [-0.4, -0.2) is 59.4 Å². The van der Waals surface area contributed by atoms with Gasteiger partial charge in [0.15, 0.2) is 8.32 Å². The molecule has 0 fully saturated rings. The molecule has 136 valence electrons. The highest BCUT2D eigenvalue weighted by molar-refractivity contribution is 6.74. The van der Waals surface area contributed by atoms with Gasteiger partial charge in [0.1, 0.15) is 12.9 Å². The van der Waals surface area contributed by atoms with Gasteiger partial charge >= 0.3 is 0 Å². The molecule has 0 aliphatic rings. The lowest BCUT2D eigenvalue weighted by molar-refractivity contribution is -0.0780. The highest BCUT2D eigenvalue weighted by Crippen LogP contribution is 2.36. The van der Waals surface area contributed by atoms with Gasteiger partial charge in [-0.25, -0.2) is 0 Å². The average molecular weight is 347 g/mol. The van der Waals surface area contributed by atoms with Crippen LogP contribution in [0.25, 0.3) is 0 Å². The van der Waals surface area contributed by atoms with E-state index in [4.69, 9.17) is 18.6 Å². The molecule has 0 saturated heterocycles. The minimum Gasteiger partial charge on any atom is -0.414 e. The van der Waals surface area contributed by atoms with E-state index in [1.807, 2.05) is 6.92 Å². The molecule has 0 aromatic rings. The molecule has 0 aromatic heterocycles. The molecular weight excluding hydrogens is 312 g/mol. The van der Waals surface area contributed by atoms with Crippen LogP contribution < -0.4 is 0 Å². The van der Waals surface area contributed by atoms with Crippen molar-refractivity contribution in [2.75, 3.05) is 33.7 Å². The average Bonchev–Trinajstić information content (AvgIpc) is 2.44. The molecule has 0 spiro atoms. The largest absolute Gasteiger partial charge is 0.414 e. The SMILES string of the molecule is COCCOCOC(C)C#CC[C@H](O)CO[Si](C)(C)C(C)(C)C. The van der Waals surface area contributed by atoms with Gasteiger partial charge in [0.25, 0.3) is 0 Å². The summed E-state index contributed by atoms with van der Waals surface area (Å²) < 4.78 is 21.4. The van der Waals surface area contributed by atoms with Crippen molar-refractivity contribution in [2.45, 2.75) is 64.5 Å². The molecule has 0 bridgehead atoms. The minimum absolute atomic E-state index is 0.142. The summed E-state index contributed by atoms with van der Waals surface area (Å²) in [4.78, 5) is 0. The second-order valence-corrected chi connectivity index (χ2v) is 11.9. The van der Waals surface area contributed by atoms with Gasteiger partial charge in [0, 0.05) is 13.5 Å². The van der Waals surface area contributed by atoms with Crippen molar-refractivity contribution in [3.8, 4) is 11.8 Å². The van der Waals surface area contributed by atoms with E-state index < -0.39 is 14.4 Å². The quantitative estimate of drug-likeness (QED) is 0.285. The van der Waals surface area contributed by atoms with Crippen LogP contribution in [0.1, 0.15) is 34.1 Å². The second kappa shape index (κ2) is 11.2. The molecule has 0 amide bonds. The summed E-state index contributed by atoms with van der Waals surface area (Å²) >= 11 is 0. The fourth-order valence-electron chi connectivity index (χ4n) is 1.29. The lowest BCUT2D eigenvalue weighted by Gasteiger charge is -2.36. The Balaban J connectivity index is 3.95. The maximum absolute atomic E-state index is 9.98. The van der Waals surface area contributed by atoms with Gasteiger partial charge < -0.3 is 23.7 Å². The minimum atomic E-state index is -1.82. The van der Waals surface area contributed by atoms with E-state index in [-0.39, 0.29) is 17.9 Å². The Morgan fingerprint density at radius 2 is 1.83 bits per heavy atom. The van der Waals surface area contributed by atoms with E-state index in [2.05, 4.69) is 45.7 Å².